The van der Waals surface area contributed by atoms with E-state index in [4.69, 9.17) is 5.11 Å². The maximum atomic E-state index is 13.3. The van der Waals surface area contributed by atoms with Gasteiger partial charge in [-0.1, -0.05) is 0 Å². The van der Waals surface area contributed by atoms with Gasteiger partial charge in [0.1, 0.15) is 5.82 Å². The second kappa shape index (κ2) is 4.86. The summed E-state index contributed by atoms with van der Waals surface area (Å²) in [5.74, 6) is -6.38. The molecule has 0 aromatic heterocycles. The third-order valence-electron chi connectivity index (χ3n) is 1.95. The highest BCUT2D eigenvalue weighted by atomic mass is 19.2. The summed E-state index contributed by atoms with van der Waals surface area (Å²) in [5.41, 5.74) is -0.647. The molecule has 0 radical (unpaired) electrons. The Bertz CT molecular complexity index is 476. The molecule has 7 heteroatoms. The smallest absolute Gasteiger partial charge is 0.331 e. The number of hydrogen-bond donors (Lipinski definition) is 2. The Hall–Kier alpha value is -2.05. The fraction of sp³-hybridized carbons (Fsp3) is 0.200. The highest BCUT2D eigenvalue weighted by Gasteiger charge is 2.25. The van der Waals surface area contributed by atoms with Crippen LogP contribution in [0, 0.1) is 17.5 Å². The molecule has 17 heavy (non-hydrogen) atoms. The molecule has 0 fully saturated rings. The SMILES string of the molecule is CC(=O)NC(C(=O)O)c1cc(F)c(F)cc1F. The molecular weight excluding hydrogens is 239 g/mol. The van der Waals surface area contributed by atoms with Gasteiger partial charge in [0.05, 0.1) is 0 Å². The summed E-state index contributed by atoms with van der Waals surface area (Å²) in [5, 5.41) is 10.7. The van der Waals surface area contributed by atoms with E-state index in [1.54, 1.807) is 0 Å². The van der Waals surface area contributed by atoms with Crippen LogP contribution in [0.25, 0.3) is 0 Å². The highest BCUT2D eigenvalue weighted by molar-refractivity contribution is 5.83. The number of amides is 1. The molecule has 0 spiro atoms. The van der Waals surface area contributed by atoms with Gasteiger partial charge >= 0.3 is 5.97 Å². The minimum atomic E-state index is -1.76. The highest BCUT2D eigenvalue weighted by Crippen LogP contribution is 2.20. The minimum Gasteiger partial charge on any atom is -0.479 e. The van der Waals surface area contributed by atoms with Gasteiger partial charge in [-0.15, -0.1) is 0 Å². The zero-order valence-electron chi connectivity index (χ0n) is 8.63. The maximum absolute atomic E-state index is 13.3. The number of carboxylic acid groups (broad SMARTS) is 1. The van der Waals surface area contributed by atoms with Crippen molar-refractivity contribution in [3.63, 3.8) is 0 Å². The number of rotatable bonds is 3. The fourth-order valence-electron chi connectivity index (χ4n) is 1.23. The predicted molar refractivity (Wildman–Crippen MR) is 50.5 cm³/mol. The van der Waals surface area contributed by atoms with Crippen LogP contribution >= 0.6 is 0 Å². The Morgan fingerprint density at radius 2 is 1.71 bits per heavy atom. The van der Waals surface area contributed by atoms with Crippen LogP contribution in [0.5, 0.6) is 0 Å². The van der Waals surface area contributed by atoms with Crippen LogP contribution in [0.15, 0.2) is 12.1 Å². The van der Waals surface area contributed by atoms with Crippen LogP contribution in [0.3, 0.4) is 0 Å². The summed E-state index contributed by atoms with van der Waals surface area (Å²) in [6.45, 7) is 1.02. The van der Waals surface area contributed by atoms with Gasteiger partial charge in [0.2, 0.25) is 5.91 Å². The summed E-state index contributed by atoms with van der Waals surface area (Å²) in [7, 11) is 0. The largest absolute Gasteiger partial charge is 0.479 e. The zero-order chi connectivity index (χ0) is 13.2. The first-order valence-electron chi connectivity index (χ1n) is 4.47. The van der Waals surface area contributed by atoms with E-state index in [1.807, 2.05) is 5.32 Å². The lowest BCUT2D eigenvalue weighted by Crippen LogP contribution is -2.32. The van der Waals surface area contributed by atoms with Gasteiger partial charge in [0, 0.05) is 18.6 Å². The van der Waals surface area contributed by atoms with E-state index in [0.717, 1.165) is 6.92 Å². The van der Waals surface area contributed by atoms with E-state index >= 15 is 0 Å². The Labute approximate surface area is 94.1 Å². The average Bonchev–Trinajstić information content (AvgIpc) is 2.20. The molecule has 1 rings (SSSR count). The quantitative estimate of drug-likeness (QED) is 0.792. The van der Waals surface area contributed by atoms with Gasteiger partial charge in [0.25, 0.3) is 0 Å². The topological polar surface area (TPSA) is 66.4 Å². The van der Waals surface area contributed by atoms with E-state index in [9.17, 15) is 22.8 Å². The standard InChI is InChI=1S/C10H8F3NO3/c1-4(15)14-9(10(16)17)5-2-7(12)8(13)3-6(5)11/h2-3,9H,1H3,(H,14,15)(H,16,17). The molecule has 1 aromatic rings. The van der Waals surface area contributed by atoms with E-state index in [-0.39, 0.29) is 6.07 Å². The lowest BCUT2D eigenvalue weighted by molar-refractivity contribution is -0.141. The van der Waals surface area contributed by atoms with Crippen molar-refractivity contribution in [1.29, 1.82) is 0 Å². The third kappa shape index (κ3) is 2.96. The van der Waals surface area contributed by atoms with Gasteiger partial charge < -0.3 is 10.4 Å². The van der Waals surface area contributed by atoms with Crippen molar-refractivity contribution in [3.05, 3.63) is 35.1 Å². The molecule has 0 aliphatic heterocycles. The second-order valence-electron chi connectivity index (χ2n) is 3.26. The van der Waals surface area contributed by atoms with Gasteiger partial charge in [-0.25, -0.2) is 18.0 Å². The number of benzene rings is 1. The van der Waals surface area contributed by atoms with Gasteiger partial charge in [0.15, 0.2) is 17.7 Å². The molecule has 2 N–H and O–H groups in total. The maximum Gasteiger partial charge on any atom is 0.331 e. The molecule has 0 aliphatic rings. The number of nitrogens with one attached hydrogen (secondary N) is 1. The molecule has 1 atom stereocenters. The van der Waals surface area contributed by atoms with Crippen LogP contribution in [0.1, 0.15) is 18.5 Å². The predicted octanol–water partition coefficient (Wildman–Crippen LogP) is 1.37. The molecule has 0 aliphatic carbocycles. The Kier molecular flexibility index (Phi) is 3.72. The number of aliphatic carboxylic acids is 1. The molecule has 0 saturated heterocycles. The Morgan fingerprint density at radius 1 is 1.18 bits per heavy atom. The molecule has 0 heterocycles. The monoisotopic (exact) mass is 247 g/mol. The average molecular weight is 247 g/mol. The summed E-state index contributed by atoms with van der Waals surface area (Å²) < 4.78 is 38.8. The number of halogens is 3. The molecule has 1 aromatic carbocycles. The minimum absolute atomic E-state index is 0.225. The number of carbonyl (C=O) groups is 2. The summed E-state index contributed by atoms with van der Waals surface area (Å²) in [6, 6.07) is -1.13. The number of carboxylic acids is 1. The van der Waals surface area contributed by atoms with Crippen molar-refractivity contribution in [2.45, 2.75) is 13.0 Å². The van der Waals surface area contributed by atoms with E-state index in [0.29, 0.717) is 6.07 Å². The first-order valence-corrected chi connectivity index (χ1v) is 4.47. The molecule has 1 amide bonds. The van der Waals surface area contributed by atoms with Crippen molar-refractivity contribution >= 4 is 11.9 Å². The summed E-state index contributed by atoms with van der Waals surface area (Å²) >= 11 is 0. The van der Waals surface area contributed by atoms with Crippen molar-refractivity contribution < 1.29 is 27.9 Å². The zero-order valence-corrected chi connectivity index (χ0v) is 8.63. The Balaban J connectivity index is 3.23. The van der Waals surface area contributed by atoms with Crippen molar-refractivity contribution in [2.75, 3.05) is 0 Å². The first-order chi connectivity index (χ1) is 7.82. The normalized spacial score (nSPS) is 12.0. The van der Waals surface area contributed by atoms with Crippen molar-refractivity contribution in [1.82, 2.24) is 5.32 Å². The lowest BCUT2D eigenvalue weighted by Gasteiger charge is -2.14. The number of carbonyl (C=O) groups excluding carboxylic acids is 1. The number of hydrogen-bond acceptors (Lipinski definition) is 2. The van der Waals surface area contributed by atoms with Gasteiger partial charge in [-0.05, 0) is 6.07 Å². The molecule has 92 valence electrons. The molecule has 4 nitrogen and oxygen atoms in total. The van der Waals surface area contributed by atoms with Crippen LogP contribution < -0.4 is 5.32 Å². The van der Waals surface area contributed by atoms with Gasteiger partial charge in [-0.3, -0.25) is 4.79 Å². The fourth-order valence-corrected chi connectivity index (χ4v) is 1.23. The van der Waals surface area contributed by atoms with Crippen LogP contribution in [0.2, 0.25) is 0 Å². The lowest BCUT2D eigenvalue weighted by atomic mass is 10.1. The first kappa shape index (κ1) is 13.0. The van der Waals surface area contributed by atoms with E-state index < -0.39 is 40.9 Å². The molecular formula is C10H8F3NO3. The molecule has 1 unspecified atom stereocenters. The summed E-state index contributed by atoms with van der Waals surface area (Å²) in [4.78, 5) is 21.5. The molecule has 0 saturated carbocycles. The third-order valence-corrected chi connectivity index (χ3v) is 1.95. The van der Waals surface area contributed by atoms with Gasteiger partial charge in [-0.2, -0.15) is 0 Å². The van der Waals surface area contributed by atoms with Crippen LogP contribution in [-0.2, 0) is 9.59 Å². The second-order valence-corrected chi connectivity index (χ2v) is 3.26. The van der Waals surface area contributed by atoms with Crippen LogP contribution in [-0.4, -0.2) is 17.0 Å². The van der Waals surface area contributed by atoms with Crippen LogP contribution in [0.4, 0.5) is 13.2 Å². The van der Waals surface area contributed by atoms with E-state index in [1.165, 1.54) is 0 Å². The van der Waals surface area contributed by atoms with Crippen molar-refractivity contribution in [3.8, 4) is 0 Å². The Morgan fingerprint density at radius 3 is 2.18 bits per heavy atom. The summed E-state index contributed by atoms with van der Waals surface area (Å²) in [6.07, 6.45) is 0. The van der Waals surface area contributed by atoms with Crippen molar-refractivity contribution in [2.24, 2.45) is 0 Å². The molecule has 0 bridgehead atoms. The van der Waals surface area contributed by atoms with E-state index in [2.05, 4.69) is 0 Å².